The summed E-state index contributed by atoms with van der Waals surface area (Å²) in [5.74, 6) is 2.02. The molecule has 0 radical (unpaired) electrons. The van der Waals surface area contributed by atoms with Crippen molar-refractivity contribution < 1.29 is 9.32 Å². The Kier molecular flexibility index (Phi) is 6.08. The van der Waals surface area contributed by atoms with Gasteiger partial charge in [-0.05, 0) is 26.3 Å². The molecule has 0 bridgehead atoms. The first-order valence-electron chi connectivity index (χ1n) is 10.7. The van der Waals surface area contributed by atoms with E-state index in [4.69, 9.17) is 9.51 Å². The van der Waals surface area contributed by atoms with Crippen molar-refractivity contribution in [2.75, 3.05) is 39.8 Å². The van der Waals surface area contributed by atoms with Gasteiger partial charge < -0.3 is 14.3 Å². The third-order valence-corrected chi connectivity index (χ3v) is 6.50. The molecular formula is C20H33N5O2. The van der Waals surface area contributed by atoms with Gasteiger partial charge in [0.2, 0.25) is 11.8 Å². The molecule has 7 heteroatoms. The van der Waals surface area contributed by atoms with Crippen molar-refractivity contribution in [1.82, 2.24) is 24.8 Å². The number of nitrogens with zero attached hydrogens (tertiary/aromatic N) is 5. The fourth-order valence-electron chi connectivity index (χ4n) is 4.70. The van der Waals surface area contributed by atoms with Gasteiger partial charge in [-0.2, -0.15) is 4.98 Å². The van der Waals surface area contributed by atoms with E-state index in [1.807, 2.05) is 0 Å². The number of carbonyl (C=O) groups excluding carboxylic acids is 1. The van der Waals surface area contributed by atoms with Crippen LogP contribution in [0.25, 0.3) is 0 Å². The van der Waals surface area contributed by atoms with Crippen molar-refractivity contribution in [3.05, 3.63) is 11.7 Å². The highest BCUT2D eigenvalue weighted by molar-refractivity contribution is 5.77. The normalized spacial score (nSPS) is 27.1. The van der Waals surface area contributed by atoms with E-state index in [9.17, 15) is 4.79 Å². The molecule has 27 heavy (non-hydrogen) atoms. The van der Waals surface area contributed by atoms with E-state index in [0.29, 0.717) is 18.4 Å². The standard InChI is InChI=1S/C20H33N5O2/c1-23-10-12-24(13-11-23)15-18-21-20(27-22-18)16-8-9-19(26)25(14-16)17-6-4-2-3-5-7-17/h16-17H,2-15H2,1H3/t16-/m1/s1. The summed E-state index contributed by atoms with van der Waals surface area (Å²) >= 11 is 0. The average Bonchev–Trinajstić information content (AvgIpc) is 2.97. The van der Waals surface area contributed by atoms with Crippen molar-refractivity contribution in [2.24, 2.45) is 0 Å². The Hall–Kier alpha value is -1.47. The summed E-state index contributed by atoms with van der Waals surface area (Å²) < 4.78 is 5.63. The quantitative estimate of drug-likeness (QED) is 0.752. The largest absolute Gasteiger partial charge is 0.339 e. The Labute approximate surface area is 162 Å². The fourth-order valence-corrected chi connectivity index (χ4v) is 4.70. The Morgan fingerprint density at radius 2 is 1.78 bits per heavy atom. The van der Waals surface area contributed by atoms with Gasteiger partial charge in [0.15, 0.2) is 5.82 Å². The summed E-state index contributed by atoms with van der Waals surface area (Å²) in [5.41, 5.74) is 0. The summed E-state index contributed by atoms with van der Waals surface area (Å²) in [6, 6.07) is 0.413. The second-order valence-electron chi connectivity index (χ2n) is 8.56. The minimum Gasteiger partial charge on any atom is -0.339 e. The van der Waals surface area contributed by atoms with Crippen LogP contribution in [0.4, 0.5) is 0 Å². The highest BCUT2D eigenvalue weighted by atomic mass is 16.5. The topological polar surface area (TPSA) is 65.7 Å². The zero-order chi connectivity index (χ0) is 18.6. The van der Waals surface area contributed by atoms with Crippen LogP contribution in [0.1, 0.15) is 69.0 Å². The maximum absolute atomic E-state index is 12.5. The first-order valence-corrected chi connectivity index (χ1v) is 10.7. The van der Waals surface area contributed by atoms with Gasteiger partial charge in [-0.1, -0.05) is 30.8 Å². The van der Waals surface area contributed by atoms with Gasteiger partial charge in [-0.25, -0.2) is 0 Å². The van der Waals surface area contributed by atoms with E-state index in [-0.39, 0.29) is 5.92 Å². The smallest absolute Gasteiger partial charge is 0.231 e. The van der Waals surface area contributed by atoms with Crippen LogP contribution in [-0.2, 0) is 11.3 Å². The maximum Gasteiger partial charge on any atom is 0.231 e. The minimum atomic E-state index is 0.194. The van der Waals surface area contributed by atoms with Crippen LogP contribution in [0.15, 0.2) is 4.52 Å². The lowest BCUT2D eigenvalue weighted by Crippen LogP contribution is -2.45. The molecule has 0 N–H and O–H groups in total. The average molecular weight is 376 g/mol. The summed E-state index contributed by atoms with van der Waals surface area (Å²) in [7, 11) is 2.16. The summed E-state index contributed by atoms with van der Waals surface area (Å²) in [5, 5.41) is 4.23. The molecule has 1 amide bonds. The second kappa shape index (κ2) is 8.69. The molecule has 150 valence electrons. The lowest BCUT2D eigenvalue weighted by Gasteiger charge is -2.37. The van der Waals surface area contributed by atoms with E-state index in [1.54, 1.807) is 0 Å². The predicted molar refractivity (Wildman–Crippen MR) is 102 cm³/mol. The maximum atomic E-state index is 12.5. The van der Waals surface area contributed by atoms with Crippen LogP contribution >= 0.6 is 0 Å². The third kappa shape index (κ3) is 4.69. The summed E-state index contributed by atoms with van der Waals surface area (Å²) in [6.07, 6.45) is 8.84. The van der Waals surface area contributed by atoms with Gasteiger partial charge in [0.25, 0.3) is 0 Å². The number of carbonyl (C=O) groups is 1. The Bertz CT molecular complexity index is 618. The van der Waals surface area contributed by atoms with Crippen molar-refractivity contribution in [1.29, 1.82) is 0 Å². The van der Waals surface area contributed by atoms with Crippen molar-refractivity contribution in [3.8, 4) is 0 Å². The van der Waals surface area contributed by atoms with E-state index in [2.05, 4.69) is 26.9 Å². The van der Waals surface area contributed by atoms with Gasteiger partial charge in [0, 0.05) is 45.2 Å². The lowest BCUT2D eigenvalue weighted by molar-refractivity contribution is -0.136. The molecule has 0 aromatic carbocycles. The first kappa shape index (κ1) is 18.9. The van der Waals surface area contributed by atoms with Gasteiger partial charge in [-0.3, -0.25) is 9.69 Å². The number of likely N-dealkylation sites (N-methyl/N-ethyl adjacent to an activating group) is 1. The Morgan fingerprint density at radius 3 is 2.52 bits per heavy atom. The molecule has 3 heterocycles. The van der Waals surface area contributed by atoms with Crippen LogP contribution in [0.5, 0.6) is 0 Å². The molecule has 1 aromatic rings. The summed E-state index contributed by atoms with van der Waals surface area (Å²) in [4.78, 5) is 24.1. The number of likely N-dealkylation sites (tertiary alicyclic amines) is 1. The zero-order valence-electron chi connectivity index (χ0n) is 16.6. The number of amides is 1. The van der Waals surface area contributed by atoms with Crippen molar-refractivity contribution in [3.63, 3.8) is 0 Å². The number of hydrogen-bond donors (Lipinski definition) is 0. The number of piperazine rings is 1. The molecule has 0 unspecified atom stereocenters. The molecular weight excluding hydrogens is 342 g/mol. The van der Waals surface area contributed by atoms with E-state index < -0.39 is 0 Å². The molecule has 0 spiro atoms. The lowest BCUT2D eigenvalue weighted by atomic mass is 9.94. The fraction of sp³-hybridized carbons (Fsp3) is 0.850. The third-order valence-electron chi connectivity index (χ3n) is 6.50. The number of piperidine rings is 1. The van der Waals surface area contributed by atoms with E-state index in [0.717, 1.165) is 70.2 Å². The molecule has 1 aromatic heterocycles. The molecule has 2 saturated heterocycles. The van der Waals surface area contributed by atoms with Crippen LogP contribution < -0.4 is 0 Å². The molecule has 1 saturated carbocycles. The highest BCUT2D eigenvalue weighted by Crippen LogP contribution is 2.31. The predicted octanol–water partition coefficient (Wildman–Crippen LogP) is 2.25. The molecule has 4 rings (SSSR count). The van der Waals surface area contributed by atoms with Crippen molar-refractivity contribution in [2.45, 2.75) is 69.9 Å². The molecule has 1 aliphatic carbocycles. The number of rotatable bonds is 4. The highest BCUT2D eigenvalue weighted by Gasteiger charge is 2.34. The Morgan fingerprint density at radius 1 is 1.04 bits per heavy atom. The van der Waals surface area contributed by atoms with Crippen molar-refractivity contribution >= 4 is 5.91 Å². The van der Waals surface area contributed by atoms with Crippen LogP contribution in [0.2, 0.25) is 0 Å². The van der Waals surface area contributed by atoms with Gasteiger partial charge in [0.05, 0.1) is 12.5 Å². The van der Waals surface area contributed by atoms with Crippen LogP contribution in [0.3, 0.4) is 0 Å². The molecule has 7 nitrogen and oxygen atoms in total. The SMILES string of the molecule is CN1CCN(Cc2noc([C@@H]3CCC(=O)N(C4CCCCCC4)C3)n2)CC1. The van der Waals surface area contributed by atoms with Gasteiger partial charge >= 0.3 is 0 Å². The van der Waals surface area contributed by atoms with E-state index >= 15 is 0 Å². The number of aromatic nitrogens is 2. The Balaban J connectivity index is 1.36. The minimum absolute atomic E-state index is 0.194. The van der Waals surface area contributed by atoms with Gasteiger partial charge in [-0.15, -0.1) is 0 Å². The monoisotopic (exact) mass is 375 g/mol. The zero-order valence-corrected chi connectivity index (χ0v) is 16.6. The first-order chi connectivity index (χ1) is 13.2. The summed E-state index contributed by atoms with van der Waals surface area (Å²) in [6.45, 7) is 5.79. The molecule has 2 aliphatic heterocycles. The molecule has 3 aliphatic rings. The van der Waals surface area contributed by atoms with E-state index in [1.165, 1.54) is 25.7 Å². The van der Waals surface area contributed by atoms with Crippen LogP contribution in [-0.4, -0.2) is 76.6 Å². The second-order valence-corrected chi connectivity index (χ2v) is 8.56. The van der Waals surface area contributed by atoms with Crippen LogP contribution in [0, 0.1) is 0 Å². The van der Waals surface area contributed by atoms with Gasteiger partial charge in [0.1, 0.15) is 0 Å². The number of hydrogen-bond acceptors (Lipinski definition) is 6. The molecule has 3 fully saturated rings. The molecule has 1 atom stereocenters.